The zero-order chi connectivity index (χ0) is 19.2. The Labute approximate surface area is 164 Å². The highest BCUT2D eigenvalue weighted by atomic mass is 33.1. The van der Waals surface area contributed by atoms with E-state index in [1.165, 1.54) is 26.5 Å². The molecule has 2 bridgehead atoms. The van der Waals surface area contributed by atoms with Gasteiger partial charge in [0.05, 0.1) is 17.5 Å². The maximum atomic E-state index is 13.5. The summed E-state index contributed by atoms with van der Waals surface area (Å²) in [4.78, 5) is 27.9. The number of rotatable bonds is 1. The molecule has 2 amide bonds. The van der Waals surface area contributed by atoms with Crippen LogP contribution in [0.5, 0.6) is 11.5 Å². The number of piperazine rings is 1. The molecule has 0 radical (unpaired) electrons. The van der Waals surface area contributed by atoms with Gasteiger partial charge in [0.1, 0.15) is 0 Å². The Morgan fingerprint density at radius 3 is 2.67 bits per heavy atom. The van der Waals surface area contributed by atoms with E-state index in [1.54, 1.807) is 24.9 Å². The van der Waals surface area contributed by atoms with Crippen LogP contribution >= 0.6 is 21.6 Å². The Hall–Kier alpha value is -2.05. The first-order chi connectivity index (χ1) is 12.8. The molecule has 4 fully saturated rings. The lowest BCUT2D eigenvalue weighted by molar-refractivity contribution is -0.164. The van der Waals surface area contributed by atoms with Gasteiger partial charge in [0.2, 0.25) is 6.79 Å². The molecule has 0 N–H and O–H groups in total. The third-order valence-electron chi connectivity index (χ3n) is 6.06. The van der Waals surface area contributed by atoms with Crippen molar-refractivity contribution in [1.29, 1.82) is 5.26 Å². The van der Waals surface area contributed by atoms with Gasteiger partial charge in [-0.25, -0.2) is 0 Å². The van der Waals surface area contributed by atoms with E-state index in [1.807, 2.05) is 19.1 Å². The number of ether oxygens (including phenoxy) is 2. The Morgan fingerprint density at radius 2 is 1.93 bits per heavy atom. The maximum absolute atomic E-state index is 13.5. The first-order valence-electron chi connectivity index (χ1n) is 8.56. The van der Waals surface area contributed by atoms with Crippen LogP contribution in [-0.4, -0.2) is 45.2 Å². The van der Waals surface area contributed by atoms with Crippen LogP contribution in [0.4, 0.5) is 0 Å². The number of fused-ring (bicyclic) bond motifs is 3. The summed E-state index contributed by atoms with van der Waals surface area (Å²) < 4.78 is 10.9. The van der Waals surface area contributed by atoms with Gasteiger partial charge in [-0.2, -0.15) is 5.26 Å². The van der Waals surface area contributed by atoms with Crippen molar-refractivity contribution in [3.8, 4) is 17.6 Å². The number of nitriles is 1. The van der Waals surface area contributed by atoms with E-state index >= 15 is 0 Å². The number of hydrogen-bond donors (Lipinski definition) is 0. The van der Waals surface area contributed by atoms with E-state index < -0.39 is 21.2 Å². The fourth-order valence-electron chi connectivity index (χ4n) is 4.50. The molecule has 7 nitrogen and oxygen atoms in total. The molecule has 140 valence electrons. The number of likely N-dealkylation sites (N-methyl/N-ethyl adjacent to an activating group) is 1. The molecule has 5 heterocycles. The van der Waals surface area contributed by atoms with Crippen molar-refractivity contribution in [2.45, 2.75) is 36.1 Å². The molecule has 1 spiro atoms. The number of hydrogen-bond acceptors (Lipinski definition) is 7. The van der Waals surface area contributed by atoms with Crippen LogP contribution < -0.4 is 9.47 Å². The number of benzene rings is 1. The Balaban J connectivity index is 1.71. The molecule has 27 heavy (non-hydrogen) atoms. The third-order valence-corrected chi connectivity index (χ3v) is 9.76. The molecule has 4 atom stereocenters. The minimum atomic E-state index is -1.06. The predicted octanol–water partition coefficient (Wildman–Crippen LogP) is 2.50. The van der Waals surface area contributed by atoms with E-state index in [-0.39, 0.29) is 25.0 Å². The Bertz CT molecular complexity index is 949. The summed E-state index contributed by atoms with van der Waals surface area (Å²) in [5.74, 6) is 0.998. The molecule has 0 saturated carbocycles. The molecule has 1 aromatic carbocycles. The van der Waals surface area contributed by atoms with Crippen LogP contribution in [0, 0.1) is 16.7 Å². The fourth-order valence-corrected chi connectivity index (χ4v) is 8.08. The lowest BCUT2D eigenvalue weighted by Crippen LogP contribution is -2.73. The van der Waals surface area contributed by atoms with Gasteiger partial charge in [-0.15, -0.1) is 0 Å². The van der Waals surface area contributed by atoms with Gasteiger partial charge in [0, 0.05) is 13.5 Å². The molecule has 5 aliphatic rings. The number of carbonyl (C=O) groups is 2. The molecule has 9 heteroatoms. The van der Waals surface area contributed by atoms with Crippen LogP contribution in [0.15, 0.2) is 18.2 Å². The highest BCUT2D eigenvalue weighted by molar-refractivity contribution is 8.78. The van der Waals surface area contributed by atoms with Gasteiger partial charge in [-0.1, -0.05) is 27.7 Å². The topological polar surface area (TPSA) is 82.9 Å². The van der Waals surface area contributed by atoms with Gasteiger partial charge in [0.25, 0.3) is 11.8 Å². The summed E-state index contributed by atoms with van der Waals surface area (Å²) in [6.07, 6.45) is 0.290. The number of carbonyl (C=O) groups excluding carboxylic acids is 2. The minimum absolute atomic E-state index is 0.113. The van der Waals surface area contributed by atoms with Crippen molar-refractivity contribution in [3.05, 3.63) is 23.8 Å². The fraction of sp³-hybridized carbons (Fsp3) is 0.500. The lowest BCUT2D eigenvalue weighted by atomic mass is 9.79. The van der Waals surface area contributed by atoms with Crippen molar-refractivity contribution in [2.75, 3.05) is 13.8 Å². The second kappa shape index (κ2) is 5.06. The van der Waals surface area contributed by atoms with Crippen molar-refractivity contribution >= 4 is 33.4 Å². The second-order valence-corrected chi connectivity index (χ2v) is 10.5. The van der Waals surface area contributed by atoms with Crippen molar-refractivity contribution in [3.63, 3.8) is 0 Å². The van der Waals surface area contributed by atoms with Crippen molar-refractivity contribution in [1.82, 2.24) is 9.80 Å². The summed E-state index contributed by atoms with van der Waals surface area (Å²) in [6.45, 7) is 3.75. The SMILES string of the molecule is CN1C(=O)C23C[C@](C)(C#N)C(c4ccc5c(c4)OCO5)N2C(=O)[C@@]1(C)SS3. The zero-order valence-corrected chi connectivity index (χ0v) is 16.6. The molecular formula is C18H17N3O4S2. The standard InChI is InChI=1S/C18H17N3O4S2/c1-16(8-19)7-18-15(23)20(3)17(2,26-27-18)14(22)21(18)13(16)10-4-5-11-12(6-10)25-9-24-11/h4-6,13H,7,9H2,1-3H3/t13?,16-,17-,18?/m1/s1. The lowest BCUT2D eigenvalue weighted by Gasteiger charge is -2.57. The van der Waals surface area contributed by atoms with E-state index in [0.717, 1.165) is 5.56 Å². The molecule has 0 aromatic heterocycles. The third kappa shape index (κ3) is 1.85. The number of amides is 2. The normalized spacial score (nSPS) is 39.0. The van der Waals surface area contributed by atoms with Crippen LogP contribution in [0.1, 0.15) is 31.9 Å². The van der Waals surface area contributed by atoms with E-state index in [0.29, 0.717) is 11.5 Å². The summed E-state index contributed by atoms with van der Waals surface area (Å²) >= 11 is 0. The summed E-state index contributed by atoms with van der Waals surface area (Å²) in [5, 5.41) is 10.0. The molecule has 2 unspecified atom stereocenters. The monoisotopic (exact) mass is 403 g/mol. The molecule has 1 aromatic rings. The molecule has 4 saturated heterocycles. The maximum Gasteiger partial charge on any atom is 0.261 e. The Morgan fingerprint density at radius 1 is 1.19 bits per heavy atom. The van der Waals surface area contributed by atoms with Crippen molar-refractivity contribution < 1.29 is 19.1 Å². The smallest absolute Gasteiger partial charge is 0.261 e. The van der Waals surface area contributed by atoms with Crippen LogP contribution in [0.2, 0.25) is 0 Å². The van der Waals surface area contributed by atoms with Gasteiger partial charge >= 0.3 is 0 Å². The van der Waals surface area contributed by atoms with E-state index in [9.17, 15) is 14.9 Å². The first kappa shape index (κ1) is 17.1. The first-order valence-corrected chi connectivity index (χ1v) is 10.7. The van der Waals surface area contributed by atoms with Crippen LogP contribution in [0.25, 0.3) is 0 Å². The zero-order valence-electron chi connectivity index (χ0n) is 15.0. The minimum Gasteiger partial charge on any atom is -0.454 e. The molecule has 0 aliphatic carbocycles. The van der Waals surface area contributed by atoms with Gasteiger partial charge in [-0.3, -0.25) is 9.59 Å². The Kier molecular flexibility index (Phi) is 3.20. The quantitative estimate of drug-likeness (QED) is 0.666. The highest BCUT2D eigenvalue weighted by Gasteiger charge is 2.74. The average Bonchev–Trinajstić information content (AvgIpc) is 3.23. The summed E-state index contributed by atoms with van der Waals surface area (Å²) in [5.41, 5.74) is -0.117. The summed E-state index contributed by atoms with van der Waals surface area (Å²) in [6, 6.07) is 7.35. The average molecular weight is 403 g/mol. The van der Waals surface area contributed by atoms with Crippen molar-refractivity contribution in [2.24, 2.45) is 5.41 Å². The molecule has 5 aliphatic heterocycles. The second-order valence-electron chi connectivity index (χ2n) is 7.69. The highest BCUT2D eigenvalue weighted by Crippen LogP contribution is 2.69. The molecule has 6 rings (SSSR count). The summed E-state index contributed by atoms with van der Waals surface area (Å²) in [7, 11) is 4.49. The largest absolute Gasteiger partial charge is 0.454 e. The van der Waals surface area contributed by atoms with E-state index in [2.05, 4.69) is 6.07 Å². The van der Waals surface area contributed by atoms with Crippen LogP contribution in [0.3, 0.4) is 0 Å². The van der Waals surface area contributed by atoms with E-state index in [4.69, 9.17) is 9.47 Å². The predicted molar refractivity (Wildman–Crippen MR) is 99.6 cm³/mol. The number of nitrogens with zero attached hydrogens (tertiary/aromatic N) is 3. The van der Waals surface area contributed by atoms with Gasteiger partial charge in [-0.05, 0) is 31.5 Å². The van der Waals surface area contributed by atoms with Gasteiger partial charge < -0.3 is 19.3 Å². The molecular weight excluding hydrogens is 386 g/mol. The van der Waals surface area contributed by atoms with Crippen LogP contribution in [-0.2, 0) is 9.59 Å². The van der Waals surface area contributed by atoms with Gasteiger partial charge in [0.15, 0.2) is 21.2 Å².